The maximum absolute atomic E-state index is 3.99. The summed E-state index contributed by atoms with van der Waals surface area (Å²) in [5.74, 6) is 1.60. The highest BCUT2D eigenvalue weighted by Gasteiger charge is 2.25. The maximum Gasteiger partial charge on any atom is 0.288 e. The zero-order chi connectivity index (χ0) is 17.1. The van der Waals surface area contributed by atoms with Crippen LogP contribution in [0.1, 0.15) is 76.0 Å². The standard InChI is InChI=1S/C21H28BBr/c1-14(2)17-12-19(15(3)4)21(20(13-17)16(5)6)22(23)18-10-8-7-9-11-18/h7-16H,1-6H3. The van der Waals surface area contributed by atoms with Crippen LogP contribution in [0.3, 0.4) is 0 Å². The molecule has 0 amide bonds. The summed E-state index contributed by atoms with van der Waals surface area (Å²) >= 11 is 3.99. The minimum atomic E-state index is 0.250. The third-order valence-corrected chi connectivity index (χ3v) is 5.51. The molecule has 0 aromatic heterocycles. The minimum Gasteiger partial charge on any atom is -0.143 e. The van der Waals surface area contributed by atoms with Crippen LogP contribution in [-0.4, -0.2) is 5.54 Å². The van der Waals surface area contributed by atoms with E-state index in [9.17, 15) is 0 Å². The summed E-state index contributed by atoms with van der Waals surface area (Å²) < 4.78 is 0. The molecule has 122 valence electrons. The molecular weight excluding hydrogens is 343 g/mol. The van der Waals surface area contributed by atoms with Crippen molar-refractivity contribution in [2.75, 3.05) is 0 Å². The Kier molecular flexibility index (Phi) is 6.14. The van der Waals surface area contributed by atoms with Crippen molar-refractivity contribution in [3.63, 3.8) is 0 Å². The van der Waals surface area contributed by atoms with E-state index < -0.39 is 0 Å². The Hall–Kier alpha value is -1.02. The monoisotopic (exact) mass is 370 g/mol. The first kappa shape index (κ1) is 18.3. The van der Waals surface area contributed by atoms with Crippen LogP contribution in [0.4, 0.5) is 0 Å². The first-order chi connectivity index (χ1) is 10.8. The second-order valence-electron chi connectivity index (χ2n) is 7.35. The summed E-state index contributed by atoms with van der Waals surface area (Å²) in [6, 6.07) is 15.6. The molecule has 0 aliphatic carbocycles. The summed E-state index contributed by atoms with van der Waals surface area (Å²) in [6.45, 7) is 13.8. The molecule has 0 atom stereocenters. The SMILES string of the molecule is CC(C)c1cc(C(C)C)c(B(Br)c2ccccc2)c(C(C)C)c1. The van der Waals surface area contributed by atoms with Gasteiger partial charge in [-0.25, -0.2) is 0 Å². The topological polar surface area (TPSA) is 0 Å². The highest BCUT2D eigenvalue weighted by atomic mass is 79.9. The summed E-state index contributed by atoms with van der Waals surface area (Å²) in [5.41, 5.74) is 7.45. The van der Waals surface area contributed by atoms with E-state index in [-0.39, 0.29) is 5.54 Å². The van der Waals surface area contributed by atoms with Gasteiger partial charge in [-0.05, 0) is 34.4 Å². The Morgan fingerprint density at radius 2 is 1.22 bits per heavy atom. The average molecular weight is 371 g/mol. The van der Waals surface area contributed by atoms with Gasteiger partial charge < -0.3 is 0 Å². The van der Waals surface area contributed by atoms with Gasteiger partial charge in [0.05, 0.1) is 0 Å². The zero-order valence-corrected chi connectivity index (χ0v) is 16.8. The van der Waals surface area contributed by atoms with Gasteiger partial charge in [0.25, 0.3) is 5.54 Å². The van der Waals surface area contributed by atoms with Crippen molar-refractivity contribution in [3.8, 4) is 0 Å². The highest BCUT2D eigenvalue weighted by molar-refractivity contribution is 9.25. The fourth-order valence-electron chi connectivity index (χ4n) is 3.09. The largest absolute Gasteiger partial charge is 0.288 e. The molecule has 0 aliphatic heterocycles. The molecule has 0 bridgehead atoms. The van der Waals surface area contributed by atoms with E-state index in [1.807, 2.05) is 0 Å². The third-order valence-electron chi connectivity index (χ3n) is 4.52. The van der Waals surface area contributed by atoms with Crippen LogP contribution in [0, 0.1) is 0 Å². The van der Waals surface area contributed by atoms with Crippen LogP contribution in [-0.2, 0) is 0 Å². The number of benzene rings is 2. The minimum absolute atomic E-state index is 0.250. The van der Waals surface area contributed by atoms with Crippen molar-refractivity contribution in [1.29, 1.82) is 0 Å². The van der Waals surface area contributed by atoms with Crippen LogP contribution in [0.15, 0.2) is 42.5 Å². The Labute approximate surface area is 150 Å². The maximum atomic E-state index is 3.99. The molecule has 0 saturated heterocycles. The van der Waals surface area contributed by atoms with E-state index in [1.165, 1.54) is 27.6 Å². The lowest BCUT2D eigenvalue weighted by Crippen LogP contribution is -2.42. The molecule has 2 aromatic rings. The van der Waals surface area contributed by atoms with Gasteiger partial charge in [0.15, 0.2) is 0 Å². The van der Waals surface area contributed by atoms with E-state index in [2.05, 4.69) is 99.8 Å². The predicted octanol–water partition coefficient (Wildman–Crippen LogP) is 5.56. The number of rotatable bonds is 5. The summed E-state index contributed by atoms with van der Waals surface area (Å²) in [4.78, 5) is 0. The van der Waals surface area contributed by atoms with Crippen molar-refractivity contribution < 1.29 is 0 Å². The van der Waals surface area contributed by atoms with Gasteiger partial charge in [-0.15, -0.1) is 15.8 Å². The highest BCUT2D eigenvalue weighted by Crippen LogP contribution is 2.27. The second kappa shape index (κ2) is 7.70. The Bertz CT molecular complexity index is 615. The second-order valence-corrected chi connectivity index (χ2v) is 8.27. The van der Waals surface area contributed by atoms with Gasteiger partial charge in [-0.3, -0.25) is 0 Å². The van der Waals surface area contributed by atoms with Crippen molar-refractivity contribution in [2.24, 2.45) is 0 Å². The van der Waals surface area contributed by atoms with Gasteiger partial charge in [0.1, 0.15) is 0 Å². The molecule has 0 saturated carbocycles. The van der Waals surface area contributed by atoms with E-state index in [1.54, 1.807) is 0 Å². The average Bonchev–Trinajstić information content (AvgIpc) is 2.53. The van der Waals surface area contributed by atoms with Gasteiger partial charge >= 0.3 is 0 Å². The van der Waals surface area contributed by atoms with Gasteiger partial charge in [-0.1, -0.05) is 94.9 Å². The molecule has 2 aromatic carbocycles. The number of hydrogen-bond donors (Lipinski definition) is 0. The third kappa shape index (κ3) is 4.09. The van der Waals surface area contributed by atoms with Crippen LogP contribution in [0.2, 0.25) is 0 Å². The molecule has 2 rings (SSSR count). The van der Waals surface area contributed by atoms with Crippen LogP contribution < -0.4 is 10.9 Å². The van der Waals surface area contributed by atoms with Gasteiger partial charge in [-0.2, -0.15) is 0 Å². The Morgan fingerprint density at radius 1 is 0.739 bits per heavy atom. The lowest BCUT2D eigenvalue weighted by molar-refractivity contribution is 0.813. The van der Waals surface area contributed by atoms with Crippen LogP contribution >= 0.6 is 15.8 Å². The Morgan fingerprint density at radius 3 is 1.61 bits per heavy atom. The van der Waals surface area contributed by atoms with Crippen molar-refractivity contribution in [2.45, 2.75) is 59.3 Å². The molecule has 0 radical (unpaired) electrons. The number of halogens is 1. The van der Waals surface area contributed by atoms with Gasteiger partial charge in [0.2, 0.25) is 0 Å². The molecule has 2 heteroatoms. The summed E-state index contributed by atoms with van der Waals surface area (Å²) in [6.07, 6.45) is 0. The molecule has 0 unspecified atom stereocenters. The van der Waals surface area contributed by atoms with Gasteiger partial charge in [0, 0.05) is 0 Å². The van der Waals surface area contributed by atoms with Crippen molar-refractivity contribution in [3.05, 3.63) is 59.2 Å². The quantitative estimate of drug-likeness (QED) is 0.604. The smallest absolute Gasteiger partial charge is 0.143 e. The lowest BCUT2D eigenvalue weighted by Gasteiger charge is -2.25. The normalized spacial score (nSPS) is 11.6. The van der Waals surface area contributed by atoms with E-state index in [0.717, 1.165) is 0 Å². The molecule has 0 N–H and O–H groups in total. The van der Waals surface area contributed by atoms with Crippen LogP contribution in [0.5, 0.6) is 0 Å². The molecule has 0 heterocycles. The zero-order valence-electron chi connectivity index (χ0n) is 15.2. The molecule has 0 spiro atoms. The fourth-order valence-corrected chi connectivity index (χ4v) is 3.93. The summed E-state index contributed by atoms with van der Waals surface area (Å²) in [7, 11) is 0. The fraction of sp³-hybridized carbons (Fsp3) is 0.429. The van der Waals surface area contributed by atoms with Crippen molar-refractivity contribution >= 4 is 32.2 Å². The molecule has 0 aliphatic rings. The molecule has 23 heavy (non-hydrogen) atoms. The Balaban J connectivity index is 2.69. The van der Waals surface area contributed by atoms with E-state index in [0.29, 0.717) is 17.8 Å². The first-order valence-corrected chi connectivity index (χ1v) is 9.61. The number of hydrogen-bond acceptors (Lipinski definition) is 0. The first-order valence-electron chi connectivity index (χ1n) is 8.69. The summed E-state index contributed by atoms with van der Waals surface area (Å²) in [5, 5.41) is 0. The predicted molar refractivity (Wildman–Crippen MR) is 109 cm³/mol. The van der Waals surface area contributed by atoms with Crippen molar-refractivity contribution in [1.82, 2.24) is 0 Å². The molecular formula is C21H28BBr. The van der Waals surface area contributed by atoms with E-state index >= 15 is 0 Å². The lowest BCUT2D eigenvalue weighted by atomic mass is 9.58. The van der Waals surface area contributed by atoms with E-state index in [4.69, 9.17) is 0 Å². The molecule has 0 fully saturated rings. The molecule has 0 nitrogen and oxygen atoms in total. The van der Waals surface area contributed by atoms with Crippen LogP contribution in [0.25, 0.3) is 0 Å².